The molecule has 1 heteroatoms. The molecule has 0 heterocycles. The summed E-state index contributed by atoms with van der Waals surface area (Å²) in [5.41, 5.74) is 9.23. The van der Waals surface area contributed by atoms with Crippen LogP contribution in [0, 0.1) is 13.8 Å². The Hall–Kier alpha value is -1.08. The summed E-state index contributed by atoms with van der Waals surface area (Å²) in [5.74, 6) is 0. The molecular weight excluding hydrogens is 146 g/mol. The number of aryl methyl sites for hydroxylation is 2. The van der Waals surface area contributed by atoms with Crippen molar-refractivity contribution in [2.75, 3.05) is 6.54 Å². The minimum absolute atomic E-state index is 0.605. The van der Waals surface area contributed by atoms with Gasteiger partial charge in [0, 0.05) is 6.54 Å². The monoisotopic (exact) mass is 161 g/mol. The molecule has 0 aromatic heterocycles. The fourth-order valence-electron chi connectivity index (χ4n) is 1.13. The van der Waals surface area contributed by atoms with Crippen molar-refractivity contribution in [2.24, 2.45) is 5.73 Å². The van der Waals surface area contributed by atoms with Gasteiger partial charge >= 0.3 is 0 Å². The average Bonchev–Trinajstić information content (AvgIpc) is 2.07. The summed E-state index contributed by atoms with van der Waals surface area (Å²) in [7, 11) is 0. The van der Waals surface area contributed by atoms with Crippen LogP contribution in [0.1, 0.15) is 16.7 Å². The van der Waals surface area contributed by atoms with E-state index in [0.717, 1.165) is 0 Å². The summed E-state index contributed by atoms with van der Waals surface area (Å²) in [6, 6.07) is 6.42. The molecule has 0 spiro atoms. The topological polar surface area (TPSA) is 26.0 Å². The molecule has 2 N–H and O–H groups in total. The quantitative estimate of drug-likeness (QED) is 0.707. The second kappa shape index (κ2) is 4.07. The highest BCUT2D eigenvalue weighted by Crippen LogP contribution is 2.11. The molecule has 0 radical (unpaired) electrons. The normalized spacial score (nSPS) is 10.9. The fourth-order valence-corrected chi connectivity index (χ4v) is 1.13. The van der Waals surface area contributed by atoms with E-state index in [1.54, 1.807) is 0 Å². The molecule has 0 atom stereocenters. The van der Waals surface area contributed by atoms with Crippen LogP contribution in [0.3, 0.4) is 0 Å². The summed E-state index contributed by atoms with van der Waals surface area (Å²) >= 11 is 0. The Morgan fingerprint density at radius 1 is 1.33 bits per heavy atom. The molecule has 0 aliphatic rings. The summed E-state index contributed by atoms with van der Waals surface area (Å²) in [6.07, 6.45) is 4.05. The zero-order chi connectivity index (χ0) is 8.97. The Kier molecular flexibility index (Phi) is 3.06. The van der Waals surface area contributed by atoms with Crippen molar-refractivity contribution in [3.8, 4) is 0 Å². The largest absolute Gasteiger partial charge is 0.327 e. The molecule has 1 aromatic carbocycles. The van der Waals surface area contributed by atoms with E-state index in [2.05, 4.69) is 38.1 Å². The predicted octanol–water partition coefficient (Wildman–Crippen LogP) is 2.28. The Morgan fingerprint density at radius 3 is 2.75 bits per heavy atom. The smallest absolute Gasteiger partial charge is 0.0110 e. The van der Waals surface area contributed by atoms with Crippen molar-refractivity contribution in [3.05, 3.63) is 41.0 Å². The molecule has 0 aliphatic heterocycles. The van der Waals surface area contributed by atoms with Gasteiger partial charge in [-0.2, -0.15) is 0 Å². The first-order valence-corrected chi connectivity index (χ1v) is 4.18. The second-order valence-corrected chi connectivity index (χ2v) is 3.00. The highest BCUT2D eigenvalue weighted by molar-refractivity contribution is 5.54. The van der Waals surface area contributed by atoms with E-state index in [0.29, 0.717) is 6.54 Å². The Morgan fingerprint density at radius 2 is 2.08 bits per heavy atom. The zero-order valence-electron chi connectivity index (χ0n) is 7.67. The van der Waals surface area contributed by atoms with Crippen LogP contribution in [0.4, 0.5) is 0 Å². The standard InChI is InChI=1S/C11H15N/c1-9-5-6-10(2)11(8-9)4-3-7-12/h3-6,8H,7,12H2,1-2H3/b4-3+. The third-order valence-corrected chi connectivity index (χ3v) is 1.87. The lowest BCUT2D eigenvalue weighted by Gasteiger charge is -2.00. The van der Waals surface area contributed by atoms with Crippen LogP contribution < -0.4 is 5.73 Å². The SMILES string of the molecule is Cc1ccc(C)c(/C=C/CN)c1. The number of nitrogens with two attached hydrogens (primary N) is 1. The lowest BCUT2D eigenvalue weighted by Crippen LogP contribution is -1.92. The van der Waals surface area contributed by atoms with Gasteiger partial charge in [-0.25, -0.2) is 0 Å². The molecule has 1 rings (SSSR count). The lowest BCUT2D eigenvalue weighted by molar-refractivity contribution is 1.26. The maximum atomic E-state index is 5.38. The molecule has 1 nitrogen and oxygen atoms in total. The van der Waals surface area contributed by atoms with Gasteiger partial charge in [-0.05, 0) is 25.0 Å². The molecule has 12 heavy (non-hydrogen) atoms. The minimum Gasteiger partial charge on any atom is -0.327 e. The van der Waals surface area contributed by atoms with Crippen LogP contribution in [0.25, 0.3) is 6.08 Å². The first kappa shape index (κ1) is 9.01. The Labute approximate surface area is 73.9 Å². The maximum absolute atomic E-state index is 5.38. The van der Waals surface area contributed by atoms with Crippen LogP contribution in [0.5, 0.6) is 0 Å². The van der Waals surface area contributed by atoms with E-state index in [1.165, 1.54) is 16.7 Å². The summed E-state index contributed by atoms with van der Waals surface area (Å²) in [5, 5.41) is 0. The fraction of sp³-hybridized carbons (Fsp3) is 0.273. The van der Waals surface area contributed by atoms with E-state index >= 15 is 0 Å². The lowest BCUT2D eigenvalue weighted by atomic mass is 10.1. The number of hydrogen-bond donors (Lipinski definition) is 1. The van der Waals surface area contributed by atoms with Crippen LogP contribution in [0.2, 0.25) is 0 Å². The summed E-state index contributed by atoms with van der Waals surface area (Å²) < 4.78 is 0. The van der Waals surface area contributed by atoms with E-state index in [1.807, 2.05) is 6.08 Å². The number of hydrogen-bond acceptors (Lipinski definition) is 1. The van der Waals surface area contributed by atoms with Gasteiger partial charge in [-0.3, -0.25) is 0 Å². The molecule has 0 saturated heterocycles. The van der Waals surface area contributed by atoms with E-state index in [9.17, 15) is 0 Å². The third-order valence-electron chi connectivity index (χ3n) is 1.87. The van der Waals surface area contributed by atoms with Gasteiger partial charge in [0.05, 0.1) is 0 Å². The molecule has 0 saturated carbocycles. The minimum atomic E-state index is 0.605. The van der Waals surface area contributed by atoms with Gasteiger partial charge in [0.2, 0.25) is 0 Å². The predicted molar refractivity (Wildman–Crippen MR) is 54.0 cm³/mol. The van der Waals surface area contributed by atoms with Gasteiger partial charge in [0.1, 0.15) is 0 Å². The van der Waals surface area contributed by atoms with Crippen molar-refractivity contribution in [2.45, 2.75) is 13.8 Å². The van der Waals surface area contributed by atoms with Crippen molar-refractivity contribution in [1.82, 2.24) is 0 Å². The molecule has 0 fully saturated rings. The Bertz CT molecular complexity index is 287. The molecule has 1 aromatic rings. The van der Waals surface area contributed by atoms with Gasteiger partial charge in [0.25, 0.3) is 0 Å². The Balaban J connectivity index is 2.97. The molecule has 0 unspecified atom stereocenters. The van der Waals surface area contributed by atoms with Gasteiger partial charge in [-0.15, -0.1) is 0 Å². The average molecular weight is 161 g/mol. The highest BCUT2D eigenvalue weighted by Gasteiger charge is 1.92. The number of rotatable bonds is 2. The zero-order valence-corrected chi connectivity index (χ0v) is 7.67. The number of benzene rings is 1. The van der Waals surface area contributed by atoms with Crippen molar-refractivity contribution < 1.29 is 0 Å². The van der Waals surface area contributed by atoms with Crippen molar-refractivity contribution in [3.63, 3.8) is 0 Å². The highest BCUT2D eigenvalue weighted by atomic mass is 14.5. The van der Waals surface area contributed by atoms with Crippen LogP contribution in [-0.4, -0.2) is 6.54 Å². The first-order valence-electron chi connectivity index (χ1n) is 4.18. The molecule has 0 amide bonds. The molecular formula is C11H15N. The van der Waals surface area contributed by atoms with Crippen LogP contribution in [0.15, 0.2) is 24.3 Å². The van der Waals surface area contributed by atoms with E-state index < -0.39 is 0 Å². The van der Waals surface area contributed by atoms with E-state index in [4.69, 9.17) is 5.73 Å². The third kappa shape index (κ3) is 2.21. The van der Waals surface area contributed by atoms with E-state index in [-0.39, 0.29) is 0 Å². The second-order valence-electron chi connectivity index (χ2n) is 3.00. The van der Waals surface area contributed by atoms with Gasteiger partial charge in [0.15, 0.2) is 0 Å². The van der Waals surface area contributed by atoms with Crippen molar-refractivity contribution in [1.29, 1.82) is 0 Å². The summed E-state index contributed by atoms with van der Waals surface area (Å²) in [4.78, 5) is 0. The van der Waals surface area contributed by atoms with Crippen molar-refractivity contribution >= 4 is 6.08 Å². The van der Waals surface area contributed by atoms with Crippen LogP contribution >= 0.6 is 0 Å². The van der Waals surface area contributed by atoms with Gasteiger partial charge in [-0.1, -0.05) is 35.9 Å². The molecule has 0 aliphatic carbocycles. The van der Waals surface area contributed by atoms with Crippen LogP contribution in [-0.2, 0) is 0 Å². The summed E-state index contributed by atoms with van der Waals surface area (Å²) in [6.45, 7) is 4.81. The van der Waals surface area contributed by atoms with Gasteiger partial charge < -0.3 is 5.73 Å². The molecule has 64 valence electrons. The maximum Gasteiger partial charge on any atom is 0.0110 e. The molecule has 0 bridgehead atoms. The first-order chi connectivity index (χ1) is 5.74.